The Morgan fingerprint density at radius 1 is 0.667 bits per heavy atom. The van der Waals surface area contributed by atoms with Gasteiger partial charge in [0.05, 0.1) is 5.69 Å². The van der Waals surface area contributed by atoms with Gasteiger partial charge < -0.3 is 32.3 Å². The Hall–Kier alpha value is -5.61. The molecule has 0 fully saturated rings. The maximum atomic E-state index is 12.5. The molecular weight excluding hydrogens is 578 g/mol. The van der Waals surface area contributed by atoms with Crippen molar-refractivity contribution >= 4 is 41.0 Å². The Morgan fingerprint density at radius 3 is 1.60 bits per heavy atom. The molecule has 42 heavy (non-hydrogen) atoms. The molecule has 0 heterocycles. The highest BCUT2D eigenvalue weighted by atomic mass is 19.4. The monoisotopic (exact) mass is 600 g/mol. The number of alkyl halides is 6. The zero-order chi connectivity index (χ0) is 32.3. The maximum Gasteiger partial charge on any atom is 0.490 e. The SMILES string of the molecule is N=C(N)c1cccc(NC(=O)Nc2ccccc2-c2cccc(C(=N)N)c2)c1.O=C(O)C(F)(F)F.O=C(O)C(F)(F)F. The number of aliphatic carboxylic acids is 2. The molecule has 0 saturated heterocycles. The summed E-state index contributed by atoms with van der Waals surface area (Å²) < 4.78 is 63.5. The smallest absolute Gasteiger partial charge is 0.475 e. The predicted molar refractivity (Wildman–Crippen MR) is 140 cm³/mol. The number of para-hydroxylation sites is 1. The van der Waals surface area contributed by atoms with Crippen LogP contribution in [-0.2, 0) is 9.59 Å². The highest BCUT2D eigenvalue weighted by molar-refractivity contribution is 6.04. The molecule has 11 nitrogen and oxygen atoms in total. The molecule has 3 rings (SSSR count). The minimum absolute atomic E-state index is 0.0182. The van der Waals surface area contributed by atoms with Crippen LogP contribution < -0.4 is 22.1 Å². The molecule has 0 aliphatic carbocycles. The number of nitrogens with one attached hydrogen (secondary N) is 4. The van der Waals surface area contributed by atoms with E-state index in [0.717, 1.165) is 11.1 Å². The van der Waals surface area contributed by atoms with Crippen molar-refractivity contribution < 1.29 is 50.9 Å². The van der Waals surface area contributed by atoms with Crippen molar-refractivity contribution in [3.8, 4) is 11.1 Å². The van der Waals surface area contributed by atoms with Crippen LogP contribution in [0.25, 0.3) is 11.1 Å². The van der Waals surface area contributed by atoms with Gasteiger partial charge in [0.25, 0.3) is 0 Å². The van der Waals surface area contributed by atoms with Gasteiger partial charge in [0, 0.05) is 22.4 Å². The molecule has 0 spiro atoms. The lowest BCUT2D eigenvalue weighted by Crippen LogP contribution is -2.21. The zero-order valence-electron chi connectivity index (χ0n) is 21.0. The van der Waals surface area contributed by atoms with Gasteiger partial charge in [-0.25, -0.2) is 14.4 Å². The summed E-state index contributed by atoms with van der Waals surface area (Å²) in [5, 5.41) is 34.9. The summed E-state index contributed by atoms with van der Waals surface area (Å²) in [6.45, 7) is 0. The number of rotatable bonds is 5. The van der Waals surface area contributed by atoms with Gasteiger partial charge in [-0.15, -0.1) is 0 Å². The Bertz CT molecular complexity index is 1440. The van der Waals surface area contributed by atoms with Gasteiger partial charge in [-0.2, -0.15) is 26.3 Å². The van der Waals surface area contributed by atoms with E-state index in [-0.39, 0.29) is 11.7 Å². The van der Waals surface area contributed by atoms with E-state index in [1.165, 1.54) is 0 Å². The number of hydrogen-bond acceptors (Lipinski definition) is 5. The van der Waals surface area contributed by atoms with Gasteiger partial charge in [0.2, 0.25) is 0 Å². The summed E-state index contributed by atoms with van der Waals surface area (Å²) in [6.07, 6.45) is -10.2. The zero-order valence-corrected chi connectivity index (χ0v) is 21.0. The number of nitrogen functional groups attached to an aromatic ring is 2. The first kappa shape index (κ1) is 34.4. The second-order valence-corrected chi connectivity index (χ2v) is 7.72. The van der Waals surface area contributed by atoms with Crippen LogP contribution in [0.1, 0.15) is 11.1 Å². The van der Waals surface area contributed by atoms with E-state index in [1.54, 1.807) is 42.5 Å². The van der Waals surface area contributed by atoms with E-state index in [1.807, 2.05) is 30.3 Å². The lowest BCUT2D eigenvalue weighted by molar-refractivity contribution is -0.193. The molecule has 0 unspecified atom stereocenters. The summed E-state index contributed by atoms with van der Waals surface area (Å²) in [5.41, 5.74) is 15.0. The summed E-state index contributed by atoms with van der Waals surface area (Å²) in [6, 6.07) is 21.0. The average molecular weight is 600 g/mol. The molecule has 3 aromatic carbocycles. The fourth-order valence-electron chi connectivity index (χ4n) is 2.75. The summed E-state index contributed by atoms with van der Waals surface area (Å²) >= 11 is 0. The normalized spacial score (nSPS) is 10.5. The number of nitrogens with two attached hydrogens (primary N) is 2. The third-order valence-electron chi connectivity index (χ3n) is 4.58. The Kier molecular flexibility index (Phi) is 12.0. The largest absolute Gasteiger partial charge is 0.490 e. The van der Waals surface area contributed by atoms with Crippen molar-refractivity contribution in [3.05, 3.63) is 83.9 Å². The van der Waals surface area contributed by atoms with Crippen LogP contribution in [0.15, 0.2) is 72.8 Å². The minimum Gasteiger partial charge on any atom is -0.475 e. The number of amides is 2. The van der Waals surface area contributed by atoms with E-state index < -0.39 is 30.3 Å². The van der Waals surface area contributed by atoms with Crippen LogP contribution in [-0.4, -0.2) is 52.2 Å². The molecule has 2 amide bonds. The maximum absolute atomic E-state index is 12.5. The van der Waals surface area contributed by atoms with Gasteiger partial charge in [0.15, 0.2) is 0 Å². The van der Waals surface area contributed by atoms with Crippen molar-refractivity contribution in [3.63, 3.8) is 0 Å². The van der Waals surface area contributed by atoms with Crippen LogP contribution in [0.4, 0.5) is 42.5 Å². The van der Waals surface area contributed by atoms with Crippen LogP contribution >= 0.6 is 0 Å². The minimum atomic E-state index is -5.08. The number of carbonyl (C=O) groups is 3. The van der Waals surface area contributed by atoms with Crippen molar-refractivity contribution in [2.75, 3.05) is 10.6 Å². The van der Waals surface area contributed by atoms with E-state index in [4.69, 9.17) is 42.1 Å². The molecule has 0 saturated carbocycles. The van der Waals surface area contributed by atoms with Crippen molar-refractivity contribution in [1.29, 1.82) is 10.8 Å². The molecule has 0 aliphatic rings. The standard InChI is InChI=1S/C21H20N6O.2C2HF3O2/c22-19(23)14-6-3-5-13(11-14)17-9-1-2-10-18(17)27-21(28)26-16-8-4-7-15(12-16)20(24)25;2*3-2(4,5)1(6)7/h1-12H,(H3,22,23)(H3,24,25)(H2,26,27,28);2*(H,6,7). The number of amidine groups is 2. The van der Waals surface area contributed by atoms with Crippen LogP contribution in [0.5, 0.6) is 0 Å². The fraction of sp³-hybridized carbons (Fsp3) is 0.0800. The van der Waals surface area contributed by atoms with Crippen molar-refractivity contribution in [2.45, 2.75) is 12.4 Å². The number of carboxylic acid groups (broad SMARTS) is 2. The van der Waals surface area contributed by atoms with Crippen LogP contribution in [0.2, 0.25) is 0 Å². The van der Waals surface area contributed by atoms with E-state index >= 15 is 0 Å². The Balaban J connectivity index is 0.000000522. The van der Waals surface area contributed by atoms with Gasteiger partial charge in [0.1, 0.15) is 11.7 Å². The first-order chi connectivity index (χ1) is 19.3. The number of hydrogen-bond donors (Lipinski definition) is 8. The van der Waals surface area contributed by atoms with Crippen molar-refractivity contribution in [1.82, 2.24) is 0 Å². The summed E-state index contributed by atoms with van der Waals surface area (Å²) in [5.74, 6) is -5.60. The van der Waals surface area contributed by atoms with E-state index in [2.05, 4.69) is 10.6 Å². The molecule has 0 aliphatic heterocycles. The van der Waals surface area contributed by atoms with Gasteiger partial charge in [-0.1, -0.05) is 48.5 Å². The van der Waals surface area contributed by atoms with Gasteiger partial charge in [-0.3, -0.25) is 10.8 Å². The second kappa shape index (κ2) is 14.7. The topological polar surface area (TPSA) is 215 Å². The molecule has 17 heteroatoms. The highest BCUT2D eigenvalue weighted by Crippen LogP contribution is 2.28. The Labute approximate surface area is 232 Å². The molecule has 0 bridgehead atoms. The van der Waals surface area contributed by atoms with E-state index in [0.29, 0.717) is 22.5 Å². The highest BCUT2D eigenvalue weighted by Gasteiger charge is 2.38. The lowest BCUT2D eigenvalue weighted by atomic mass is 10.0. The van der Waals surface area contributed by atoms with Crippen molar-refractivity contribution in [2.24, 2.45) is 11.5 Å². The number of halogens is 6. The molecule has 0 atom stereocenters. The van der Waals surface area contributed by atoms with Gasteiger partial charge in [-0.05, 0) is 29.8 Å². The predicted octanol–water partition coefficient (Wildman–Crippen LogP) is 4.83. The number of urea groups is 1. The first-order valence-electron chi connectivity index (χ1n) is 11.0. The number of carboxylic acids is 2. The second-order valence-electron chi connectivity index (χ2n) is 7.72. The average Bonchev–Trinajstić information content (AvgIpc) is 2.88. The molecule has 0 radical (unpaired) electrons. The third-order valence-corrected chi connectivity index (χ3v) is 4.58. The molecule has 3 aromatic rings. The molecular formula is C25H22F6N6O5. The fourth-order valence-corrected chi connectivity index (χ4v) is 2.75. The van der Waals surface area contributed by atoms with Crippen LogP contribution in [0.3, 0.4) is 0 Å². The lowest BCUT2D eigenvalue weighted by Gasteiger charge is -2.13. The molecule has 224 valence electrons. The number of anilines is 2. The number of carbonyl (C=O) groups excluding carboxylic acids is 1. The molecule has 10 N–H and O–H groups in total. The van der Waals surface area contributed by atoms with Crippen LogP contribution in [0, 0.1) is 10.8 Å². The summed E-state index contributed by atoms with van der Waals surface area (Å²) in [4.78, 5) is 30.3. The van der Waals surface area contributed by atoms with E-state index in [9.17, 15) is 31.1 Å². The molecule has 0 aromatic heterocycles. The quantitative estimate of drug-likeness (QED) is 0.116. The first-order valence-corrected chi connectivity index (χ1v) is 11.0. The summed E-state index contributed by atoms with van der Waals surface area (Å²) in [7, 11) is 0. The third kappa shape index (κ3) is 11.6. The van der Waals surface area contributed by atoms with Gasteiger partial charge >= 0.3 is 30.3 Å². The Morgan fingerprint density at radius 2 is 1.12 bits per heavy atom. The number of benzene rings is 3.